The lowest BCUT2D eigenvalue weighted by Crippen LogP contribution is -2.23. The largest absolute Gasteiger partial charge is 0.346 e. The van der Waals surface area contributed by atoms with Gasteiger partial charge in [0.25, 0.3) is 5.91 Å². The first kappa shape index (κ1) is 15.3. The lowest BCUT2D eigenvalue weighted by atomic mass is 10.2. The van der Waals surface area contributed by atoms with Crippen molar-refractivity contribution in [1.82, 2.24) is 30.0 Å². The van der Waals surface area contributed by atoms with E-state index >= 15 is 0 Å². The summed E-state index contributed by atoms with van der Waals surface area (Å²) in [6.45, 7) is 4.40. The van der Waals surface area contributed by atoms with Crippen molar-refractivity contribution in [2.45, 2.75) is 26.3 Å². The van der Waals surface area contributed by atoms with Crippen LogP contribution in [0.3, 0.4) is 0 Å². The number of hydrogen-bond acceptors (Lipinski definition) is 6. The third-order valence-electron chi connectivity index (χ3n) is 3.18. The Morgan fingerprint density at radius 1 is 1.35 bits per heavy atom. The highest BCUT2D eigenvalue weighted by Gasteiger charge is 2.15. The van der Waals surface area contributed by atoms with Crippen LogP contribution in [0.4, 0.5) is 0 Å². The van der Waals surface area contributed by atoms with Gasteiger partial charge in [-0.2, -0.15) is 0 Å². The van der Waals surface area contributed by atoms with Crippen LogP contribution in [0.5, 0.6) is 0 Å². The van der Waals surface area contributed by atoms with Crippen LogP contribution < -0.4 is 5.32 Å². The standard InChI is InChI=1S/C15H16N6OS/c1-10(2)14-19-20-15(23-14)13(22)18-8-11-4-3-5-17-12(11)21-7-6-16-9-21/h3-7,9-10H,8H2,1-2H3,(H,18,22). The van der Waals surface area contributed by atoms with Gasteiger partial charge in [-0.3, -0.25) is 9.36 Å². The minimum absolute atomic E-state index is 0.227. The Kier molecular flexibility index (Phi) is 4.42. The Balaban J connectivity index is 1.72. The van der Waals surface area contributed by atoms with E-state index in [1.807, 2.05) is 36.7 Å². The van der Waals surface area contributed by atoms with Gasteiger partial charge in [-0.15, -0.1) is 10.2 Å². The van der Waals surface area contributed by atoms with Crippen molar-refractivity contribution >= 4 is 17.2 Å². The van der Waals surface area contributed by atoms with Gasteiger partial charge >= 0.3 is 0 Å². The molecule has 1 N–H and O–H groups in total. The van der Waals surface area contributed by atoms with Crippen LogP contribution in [-0.2, 0) is 6.54 Å². The zero-order valence-corrected chi connectivity index (χ0v) is 13.6. The van der Waals surface area contributed by atoms with E-state index < -0.39 is 0 Å². The zero-order chi connectivity index (χ0) is 16.2. The molecule has 1 amide bonds. The van der Waals surface area contributed by atoms with Crippen LogP contribution >= 0.6 is 11.3 Å². The fourth-order valence-corrected chi connectivity index (χ4v) is 2.76. The summed E-state index contributed by atoms with van der Waals surface area (Å²) in [6.07, 6.45) is 6.88. The summed E-state index contributed by atoms with van der Waals surface area (Å²) >= 11 is 1.32. The molecule has 0 fully saturated rings. The monoisotopic (exact) mass is 328 g/mol. The lowest BCUT2D eigenvalue weighted by molar-refractivity contribution is 0.0950. The first-order valence-corrected chi connectivity index (χ1v) is 8.00. The van der Waals surface area contributed by atoms with Crippen LogP contribution in [0.2, 0.25) is 0 Å². The first-order chi connectivity index (χ1) is 11.1. The molecule has 8 heteroatoms. The minimum atomic E-state index is -0.227. The predicted molar refractivity (Wildman–Crippen MR) is 86.5 cm³/mol. The summed E-state index contributed by atoms with van der Waals surface area (Å²) in [6, 6.07) is 3.76. The van der Waals surface area contributed by atoms with Gasteiger partial charge in [0.1, 0.15) is 17.2 Å². The average Bonchev–Trinajstić information content (AvgIpc) is 3.24. The van der Waals surface area contributed by atoms with Crippen LogP contribution in [0.25, 0.3) is 5.82 Å². The van der Waals surface area contributed by atoms with Gasteiger partial charge in [-0.05, 0) is 6.07 Å². The Labute approximate surface area is 137 Å². The number of rotatable bonds is 5. The SMILES string of the molecule is CC(C)c1nnc(C(=O)NCc2cccnc2-n2ccnc2)s1. The molecule has 0 spiro atoms. The molecular formula is C15H16N6OS. The summed E-state index contributed by atoms with van der Waals surface area (Å²) in [5, 5.41) is 12.1. The van der Waals surface area contributed by atoms with Gasteiger partial charge in [-0.25, -0.2) is 9.97 Å². The van der Waals surface area contributed by atoms with Crippen molar-refractivity contribution in [3.05, 3.63) is 52.6 Å². The van der Waals surface area contributed by atoms with Crippen molar-refractivity contribution in [2.75, 3.05) is 0 Å². The van der Waals surface area contributed by atoms with E-state index in [2.05, 4.69) is 25.5 Å². The summed E-state index contributed by atoms with van der Waals surface area (Å²) in [5.74, 6) is 0.778. The number of nitrogens with zero attached hydrogens (tertiary/aromatic N) is 5. The Bertz CT molecular complexity index is 796. The number of imidazole rings is 1. The molecule has 0 aromatic carbocycles. The Hall–Kier alpha value is -2.61. The van der Waals surface area contributed by atoms with Gasteiger partial charge in [0.2, 0.25) is 5.01 Å². The lowest BCUT2D eigenvalue weighted by Gasteiger charge is -2.09. The van der Waals surface area contributed by atoms with Crippen molar-refractivity contribution in [2.24, 2.45) is 0 Å². The van der Waals surface area contributed by atoms with Crippen molar-refractivity contribution in [3.8, 4) is 5.82 Å². The van der Waals surface area contributed by atoms with Gasteiger partial charge in [0.05, 0.1) is 0 Å². The van der Waals surface area contributed by atoms with E-state index in [4.69, 9.17) is 0 Å². The zero-order valence-electron chi connectivity index (χ0n) is 12.8. The molecule has 0 bridgehead atoms. The second-order valence-corrected chi connectivity index (χ2v) is 6.25. The summed E-state index contributed by atoms with van der Waals surface area (Å²) < 4.78 is 1.81. The van der Waals surface area contributed by atoms with Crippen LogP contribution in [0.15, 0.2) is 37.1 Å². The molecule has 118 valence electrons. The number of carbonyl (C=O) groups is 1. The molecule has 0 saturated heterocycles. The van der Waals surface area contributed by atoms with Gasteiger partial charge < -0.3 is 5.32 Å². The molecule has 0 unspecified atom stereocenters. The maximum absolute atomic E-state index is 12.2. The molecule has 0 atom stereocenters. The molecule has 0 aliphatic rings. The van der Waals surface area contributed by atoms with E-state index in [1.54, 1.807) is 18.7 Å². The van der Waals surface area contributed by atoms with Crippen LogP contribution in [-0.4, -0.2) is 30.6 Å². The molecule has 0 radical (unpaired) electrons. The first-order valence-electron chi connectivity index (χ1n) is 7.19. The van der Waals surface area contributed by atoms with E-state index in [9.17, 15) is 4.79 Å². The molecule has 0 aliphatic carbocycles. The maximum Gasteiger partial charge on any atom is 0.282 e. The van der Waals surface area contributed by atoms with Crippen LogP contribution in [0.1, 0.15) is 40.1 Å². The van der Waals surface area contributed by atoms with E-state index in [-0.39, 0.29) is 11.8 Å². The van der Waals surface area contributed by atoms with E-state index in [0.717, 1.165) is 16.4 Å². The second-order valence-electron chi connectivity index (χ2n) is 5.24. The molecule has 3 heterocycles. The molecule has 3 aromatic rings. The number of amides is 1. The number of carbonyl (C=O) groups excluding carboxylic acids is 1. The number of aromatic nitrogens is 5. The predicted octanol–water partition coefficient (Wildman–Crippen LogP) is 2.17. The third-order valence-corrected chi connectivity index (χ3v) is 4.41. The van der Waals surface area contributed by atoms with Crippen LogP contribution in [0, 0.1) is 0 Å². The van der Waals surface area contributed by atoms with Crippen molar-refractivity contribution < 1.29 is 4.79 Å². The molecular weight excluding hydrogens is 312 g/mol. The number of hydrogen-bond donors (Lipinski definition) is 1. The second kappa shape index (κ2) is 6.66. The maximum atomic E-state index is 12.2. The van der Waals surface area contributed by atoms with Gasteiger partial charge in [-0.1, -0.05) is 31.3 Å². The normalized spacial score (nSPS) is 10.9. The highest BCUT2D eigenvalue weighted by Crippen LogP contribution is 2.19. The fourth-order valence-electron chi connectivity index (χ4n) is 2.00. The number of nitrogens with one attached hydrogen (secondary N) is 1. The van der Waals surface area contributed by atoms with E-state index in [1.165, 1.54) is 11.3 Å². The molecule has 0 saturated carbocycles. The smallest absolute Gasteiger partial charge is 0.282 e. The summed E-state index contributed by atoms with van der Waals surface area (Å²) in [7, 11) is 0. The van der Waals surface area contributed by atoms with Gasteiger partial charge in [0, 0.05) is 36.6 Å². The molecule has 0 aliphatic heterocycles. The molecule has 3 rings (SSSR count). The molecule has 7 nitrogen and oxygen atoms in total. The van der Waals surface area contributed by atoms with Crippen molar-refractivity contribution in [3.63, 3.8) is 0 Å². The molecule has 3 aromatic heterocycles. The Morgan fingerprint density at radius 2 is 2.22 bits per heavy atom. The topological polar surface area (TPSA) is 85.6 Å². The van der Waals surface area contributed by atoms with E-state index in [0.29, 0.717) is 11.6 Å². The Morgan fingerprint density at radius 3 is 2.91 bits per heavy atom. The molecule has 23 heavy (non-hydrogen) atoms. The van der Waals surface area contributed by atoms with Crippen molar-refractivity contribution in [1.29, 1.82) is 0 Å². The third kappa shape index (κ3) is 3.42. The summed E-state index contributed by atoms with van der Waals surface area (Å²) in [4.78, 5) is 20.6. The fraction of sp³-hybridized carbons (Fsp3) is 0.267. The number of pyridine rings is 1. The van der Waals surface area contributed by atoms with Gasteiger partial charge in [0.15, 0.2) is 0 Å². The average molecular weight is 328 g/mol. The minimum Gasteiger partial charge on any atom is -0.346 e. The highest BCUT2D eigenvalue weighted by molar-refractivity contribution is 7.13. The summed E-state index contributed by atoms with van der Waals surface area (Å²) in [5.41, 5.74) is 0.896. The highest BCUT2D eigenvalue weighted by atomic mass is 32.1. The quantitative estimate of drug-likeness (QED) is 0.776.